The normalized spacial score (nSPS) is 12.8. The molecule has 3 rings (SSSR count). The molecule has 1 aliphatic heterocycles. The van der Waals surface area contributed by atoms with Crippen molar-refractivity contribution in [1.82, 2.24) is 9.78 Å². The maximum atomic E-state index is 12.3. The number of carboxylic acid groups (broad SMARTS) is 1. The second-order valence-corrected chi connectivity index (χ2v) is 5.51. The Kier molecular flexibility index (Phi) is 4.03. The number of aliphatic carboxylic acids is 1. The van der Waals surface area contributed by atoms with Gasteiger partial charge in [0.25, 0.3) is 5.91 Å². The van der Waals surface area contributed by atoms with Crippen LogP contribution >= 0.6 is 0 Å². The first-order chi connectivity index (χ1) is 11.4. The number of anilines is 2. The minimum atomic E-state index is -1.01. The molecule has 2 aromatic rings. The molecular formula is C16H16N4O4. The van der Waals surface area contributed by atoms with Crippen LogP contribution in [0.3, 0.4) is 0 Å². The van der Waals surface area contributed by atoms with Crippen LogP contribution in [0.5, 0.6) is 0 Å². The molecule has 0 saturated carbocycles. The van der Waals surface area contributed by atoms with Gasteiger partial charge in [-0.15, -0.1) is 0 Å². The number of hydrogen-bond donors (Lipinski definition) is 2. The number of hydrogen-bond acceptors (Lipinski definition) is 4. The highest BCUT2D eigenvalue weighted by Gasteiger charge is 2.23. The fourth-order valence-electron chi connectivity index (χ4n) is 2.71. The molecule has 1 aromatic heterocycles. The fraction of sp³-hybridized carbons (Fsp3) is 0.250. The van der Waals surface area contributed by atoms with Gasteiger partial charge in [0.2, 0.25) is 5.91 Å². The Labute approximate surface area is 137 Å². The Balaban J connectivity index is 1.73. The van der Waals surface area contributed by atoms with E-state index in [1.165, 1.54) is 23.9 Å². The highest BCUT2D eigenvalue weighted by molar-refractivity contribution is 6.04. The summed E-state index contributed by atoms with van der Waals surface area (Å²) in [4.78, 5) is 36.2. The summed E-state index contributed by atoms with van der Waals surface area (Å²) in [6.07, 6.45) is 2.19. The van der Waals surface area contributed by atoms with Crippen molar-refractivity contribution in [2.45, 2.75) is 19.9 Å². The third-order valence-corrected chi connectivity index (χ3v) is 3.80. The molecule has 0 unspecified atom stereocenters. The fourth-order valence-corrected chi connectivity index (χ4v) is 2.71. The second-order valence-electron chi connectivity index (χ2n) is 5.51. The van der Waals surface area contributed by atoms with Crippen molar-refractivity contribution in [1.29, 1.82) is 0 Å². The van der Waals surface area contributed by atoms with Gasteiger partial charge in [-0.05, 0) is 30.2 Å². The zero-order chi connectivity index (χ0) is 17.3. The number of nitrogens with zero attached hydrogens (tertiary/aromatic N) is 3. The van der Waals surface area contributed by atoms with E-state index in [1.54, 1.807) is 23.1 Å². The molecule has 2 N–H and O–H groups in total. The standard InChI is InChI=1S/C16H16N4O4/c1-10(21)20-7-4-11-8-12(2-3-13(11)20)16(24)17-14-5-6-19(18-14)9-15(22)23/h2-3,5-6,8H,4,7,9H2,1H3,(H,22,23)(H,17,18,24). The van der Waals surface area contributed by atoms with Gasteiger partial charge < -0.3 is 15.3 Å². The van der Waals surface area contributed by atoms with Gasteiger partial charge in [-0.3, -0.25) is 19.1 Å². The lowest BCUT2D eigenvalue weighted by Gasteiger charge is -2.14. The van der Waals surface area contributed by atoms with E-state index >= 15 is 0 Å². The summed E-state index contributed by atoms with van der Waals surface area (Å²) in [6, 6.07) is 6.72. The highest BCUT2D eigenvalue weighted by atomic mass is 16.4. The lowest BCUT2D eigenvalue weighted by atomic mass is 10.1. The molecule has 2 heterocycles. The molecule has 8 nitrogen and oxygen atoms in total. The third-order valence-electron chi connectivity index (χ3n) is 3.80. The predicted octanol–water partition coefficient (Wildman–Crippen LogP) is 1.13. The molecule has 0 spiro atoms. The molecule has 0 radical (unpaired) electrons. The maximum Gasteiger partial charge on any atom is 0.325 e. The Morgan fingerprint density at radius 3 is 2.79 bits per heavy atom. The summed E-state index contributed by atoms with van der Waals surface area (Å²) >= 11 is 0. The average molecular weight is 328 g/mol. The first kappa shape index (κ1) is 15.7. The second kappa shape index (κ2) is 6.15. The van der Waals surface area contributed by atoms with Crippen molar-refractivity contribution < 1.29 is 19.5 Å². The van der Waals surface area contributed by atoms with Crippen LogP contribution in [0.4, 0.5) is 11.5 Å². The highest BCUT2D eigenvalue weighted by Crippen LogP contribution is 2.29. The van der Waals surface area contributed by atoms with E-state index in [0.29, 0.717) is 18.5 Å². The zero-order valence-electron chi connectivity index (χ0n) is 13.0. The minimum absolute atomic E-state index is 0.0186. The summed E-state index contributed by atoms with van der Waals surface area (Å²) < 4.78 is 1.23. The molecular weight excluding hydrogens is 312 g/mol. The Bertz CT molecular complexity index is 827. The number of aromatic nitrogens is 2. The number of rotatable bonds is 4. The van der Waals surface area contributed by atoms with Crippen LogP contribution in [0.2, 0.25) is 0 Å². The smallest absolute Gasteiger partial charge is 0.325 e. The summed E-state index contributed by atoms with van der Waals surface area (Å²) in [5.41, 5.74) is 2.26. The van der Waals surface area contributed by atoms with Crippen molar-refractivity contribution in [3.63, 3.8) is 0 Å². The molecule has 8 heteroatoms. The molecule has 0 bridgehead atoms. The number of carbonyl (C=O) groups is 3. The van der Waals surface area contributed by atoms with Crippen LogP contribution in [0.1, 0.15) is 22.8 Å². The van der Waals surface area contributed by atoms with E-state index in [4.69, 9.17) is 5.11 Å². The topological polar surface area (TPSA) is 105 Å². The first-order valence-corrected chi connectivity index (χ1v) is 7.41. The van der Waals surface area contributed by atoms with Gasteiger partial charge in [-0.2, -0.15) is 5.10 Å². The van der Waals surface area contributed by atoms with Crippen molar-refractivity contribution in [2.24, 2.45) is 0 Å². The van der Waals surface area contributed by atoms with Crippen LogP contribution in [0.15, 0.2) is 30.5 Å². The lowest BCUT2D eigenvalue weighted by Crippen LogP contribution is -2.25. The number of fused-ring (bicyclic) bond motifs is 1. The van der Waals surface area contributed by atoms with Crippen LogP contribution < -0.4 is 10.2 Å². The largest absolute Gasteiger partial charge is 0.480 e. The van der Waals surface area contributed by atoms with E-state index in [1.807, 2.05) is 0 Å². The number of amides is 2. The van der Waals surface area contributed by atoms with Crippen molar-refractivity contribution in [3.8, 4) is 0 Å². The quantitative estimate of drug-likeness (QED) is 0.875. The van der Waals surface area contributed by atoms with Crippen LogP contribution in [-0.4, -0.2) is 39.2 Å². The number of benzene rings is 1. The Morgan fingerprint density at radius 2 is 2.08 bits per heavy atom. The van der Waals surface area contributed by atoms with Crippen molar-refractivity contribution in [2.75, 3.05) is 16.8 Å². The van der Waals surface area contributed by atoms with Gasteiger partial charge in [-0.25, -0.2) is 0 Å². The first-order valence-electron chi connectivity index (χ1n) is 7.41. The lowest BCUT2D eigenvalue weighted by molar-refractivity contribution is -0.137. The molecule has 24 heavy (non-hydrogen) atoms. The van der Waals surface area contributed by atoms with Crippen LogP contribution in [0.25, 0.3) is 0 Å². The molecule has 1 aliphatic rings. The van der Waals surface area contributed by atoms with Gasteiger partial charge in [0, 0.05) is 37.0 Å². The Hall–Kier alpha value is -3.16. The Morgan fingerprint density at radius 1 is 1.29 bits per heavy atom. The number of carboxylic acids is 1. The van der Waals surface area contributed by atoms with Crippen molar-refractivity contribution in [3.05, 3.63) is 41.6 Å². The summed E-state index contributed by atoms with van der Waals surface area (Å²) in [7, 11) is 0. The molecule has 0 saturated heterocycles. The van der Waals surface area contributed by atoms with Gasteiger partial charge in [0.1, 0.15) is 6.54 Å². The van der Waals surface area contributed by atoms with E-state index in [0.717, 1.165) is 11.3 Å². The molecule has 0 atom stereocenters. The van der Waals surface area contributed by atoms with Gasteiger partial charge in [0.15, 0.2) is 5.82 Å². The molecule has 124 valence electrons. The molecule has 0 aliphatic carbocycles. The third kappa shape index (κ3) is 3.12. The molecule has 2 amide bonds. The minimum Gasteiger partial charge on any atom is -0.480 e. The van der Waals surface area contributed by atoms with Crippen molar-refractivity contribution >= 4 is 29.3 Å². The van der Waals surface area contributed by atoms with E-state index < -0.39 is 5.97 Å². The maximum absolute atomic E-state index is 12.3. The summed E-state index contributed by atoms with van der Waals surface area (Å²) in [6.45, 7) is 1.87. The van der Waals surface area contributed by atoms with Gasteiger partial charge in [0.05, 0.1) is 0 Å². The number of nitrogens with one attached hydrogen (secondary N) is 1. The average Bonchev–Trinajstić information content (AvgIpc) is 3.12. The SMILES string of the molecule is CC(=O)N1CCc2cc(C(=O)Nc3ccn(CC(=O)O)n3)ccc21. The number of carbonyl (C=O) groups excluding carboxylic acids is 2. The van der Waals surface area contributed by atoms with Crippen LogP contribution in [0, 0.1) is 0 Å². The van der Waals surface area contributed by atoms with E-state index in [-0.39, 0.29) is 24.2 Å². The predicted molar refractivity (Wildman–Crippen MR) is 86.0 cm³/mol. The van der Waals surface area contributed by atoms with Crippen LogP contribution in [-0.2, 0) is 22.6 Å². The molecule has 0 fully saturated rings. The summed E-state index contributed by atoms with van der Waals surface area (Å²) in [5.74, 6) is -1.08. The zero-order valence-corrected chi connectivity index (χ0v) is 13.0. The van der Waals surface area contributed by atoms with Gasteiger partial charge in [-0.1, -0.05) is 0 Å². The van der Waals surface area contributed by atoms with E-state index in [2.05, 4.69) is 10.4 Å². The monoisotopic (exact) mass is 328 g/mol. The molecule has 1 aromatic carbocycles. The van der Waals surface area contributed by atoms with Gasteiger partial charge >= 0.3 is 5.97 Å². The van der Waals surface area contributed by atoms with E-state index in [9.17, 15) is 14.4 Å². The summed E-state index contributed by atoms with van der Waals surface area (Å²) in [5, 5.41) is 15.3.